The highest BCUT2D eigenvalue weighted by molar-refractivity contribution is 5.35. The molecule has 0 spiro atoms. The van der Waals surface area contributed by atoms with Gasteiger partial charge in [-0.2, -0.15) is 0 Å². The quantitative estimate of drug-likeness (QED) is 0.514. The van der Waals surface area contributed by atoms with Crippen molar-refractivity contribution in [3.05, 3.63) is 30.3 Å². The van der Waals surface area contributed by atoms with Crippen LogP contribution in [0.1, 0.15) is 14.8 Å². The lowest BCUT2D eigenvalue weighted by Gasteiger charge is -1.83. The molecule has 0 unspecified atom stereocenters. The van der Waals surface area contributed by atoms with Gasteiger partial charge in [0.2, 0.25) is 0 Å². The topological polar surface area (TPSA) is 26.0 Å². The summed E-state index contributed by atoms with van der Waals surface area (Å²) in [6.45, 7) is 0. The van der Waals surface area contributed by atoms with Gasteiger partial charge in [0.05, 0.1) is 0 Å². The Hall–Kier alpha value is -0.980. The van der Waals surface area contributed by atoms with Crippen LogP contribution in [0.15, 0.2) is 30.3 Å². The van der Waals surface area contributed by atoms with Gasteiger partial charge in [-0.25, -0.2) is 0 Å². The van der Waals surface area contributed by atoms with Crippen LogP contribution in [0.5, 0.6) is 0 Å². The van der Waals surface area contributed by atoms with E-state index in [0.29, 0.717) is 0 Å². The zero-order valence-electron chi connectivity index (χ0n) is 14.0. The van der Waals surface area contributed by atoms with Gasteiger partial charge >= 0.3 is 0 Å². The summed E-state index contributed by atoms with van der Waals surface area (Å²) in [4.78, 5) is 0. The van der Waals surface area contributed by atoms with Crippen molar-refractivity contribution in [1.82, 2.24) is 0 Å². The van der Waals surface area contributed by atoms with Crippen molar-refractivity contribution in [2.45, 2.75) is 0 Å². The molecule has 1 nitrogen and oxygen atoms in total. The Morgan fingerprint density at radius 3 is 2.14 bits per heavy atom. The minimum Gasteiger partial charge on any atom is -0.399 e. The van der Waals surface area contributed by atoms with Crippen molar-refractivity contribution in [2.75, 3.05) is 5.73 Å². The summed E-state index contributed by atoms with van der Waals surface area (Å²) in [5.41, 5.74) is 6.18. The van der Waals surface area contributed by atoms with Gasteiger partial charge in [-0.15, -0.1) is 0 Å². The molecule has 0 radical (unpaired) electrons. The summed E-state index contributed by atoms with van der Waals surface area (Å²) >= 11 is 0. The van der Waals surface area contributed by atoms with Gasteiger partial charge in [0, 0.05) is 20.5 Å². The predicted molar refractivity (Wildman–Crippen MR) is 41.4 cm³/mol. The van der Waals surface area contributed by atoms with Crippen molar-refractivity contribution in [2.24, 2.45) is 0 Å². The Kier molecular flexibility index (Phi) is 0.294. The monoisotopic (exact) mass is 113 g/mol. The molecule has 2 N–H and O–H groups in total. The molecule has 0 atom stereocenters. The molecule has 7 heavy (non-hydrogen) atoms. The van der Waals surface area contributed by atoms with E-state index < -0.39 is 0 Å². The first-order valence-electron chi connectivity index (χ1n) is 7.20. The molecular formula is C6H17N. The van der Waals surface area contributed by atoms with Gasteiger partial charge in [-0.1, -0.05) is 18.2 Å². The van der Waals surface area contributed by atoms with Gasteiger partial charge in [-0.3, -0.25) is 0 Å². The van der Waals surface area contributed by atoms with Gasteiger partial charge < -0.3 is 5.73 Å². The maximum atomic E-state index is 5.36. The molecule has 1 aromatic carbocycles. The van der Waals surface area contributed by atoms with E-state index in [1.807, 2.05) is 30.3 Å². The fourth-order valence-electron chi connectivity index (χ4n) is 0.453. The van der Waals surface area contributed by atoms with Crippen molar-refractivity contribution in [1.29, 1.82) is 0 Å². The molecule has 1 aromatic rings. The highest BCUT2D eigenvalue weighted by Gasteiger charge is 1.72. The van der Waals surface area contributed by atoms with Crippen LogP contribution in [-0.4, -0.2) is 0 Å². The van der Waals surface area contributed by atoms with E-state index in [4.69, 9.17) is 20.6 Å². The Bertz CT molecular complexity index is 151. The van der Waals surface area contributed by atoms with Crippen LogP contribution in [0.2, 0.25) is 0 Å². The molecule has 0 fully saturated rings. The number of rotatable bonds is 0. The van der Waals surface area contributed by atoms with Crippen LogP contribution in [0.4, 0.5) is 5.69 Å². The molecule has 1 heteroatoms. The first-order chi connectivity index (χ1) is 8.39. The lowest BCUT2D eigenvalue weighted by molar-refractivity contribution is 1.69. The Morgan fingerprint density at radius 2 is 1.86 bits per heavy atom. The van der Waals surface area contributed by atoms with Gasteiger partial charge in [-0.05, 0) is 12.1 Å². The third kappa shape index (κ3) is 0.929. The van der Waals surface area contributed by atoms with Crippen LogP contribution in [-0.2, 0) is 0 Å². The maximum absolute atomic E-state index is 5.36. The summed E-state index contributed by atoms with van der Waals surface area (Å²) in [6.07, 6.45) is 0. The number of hydrogen-bond acceptors (Lipinski definition) is 1. The summed E-state index contributed by atoms with van der Waals surface area (Å²) in [5, 5.41) is 0. The highest BCUT2D eigenvalue weighted by atomic mass is 14.5. The fourth-order valence-corrected chi connectivity index (χ4v) is 0.453. The highest BCUT2D eigenvalue weighted by Crippen LogP contribution is 1.95. The summed E-state index contributed by atoms with van der Waals surface area (Å²) in [5.74, 6) is 0. The van der Waals surface area contributed by atoms with Crippen LogP contribution >= 0.6 is 0 Å². The number of anilines is 1. The molecule has 46 valence electrons. The number of nitrogen functional groups attached to an aromatic ring is 1. The second-order valence-electron chi connectivity index (χ2n) is 1.41. The predicted octanol–water partition coefficient (Wildman–Crippen LogP) is 2.50. The van der Waals surface area contributed by atoms with Crippen LogP contribution in [0.3, 0.4) is 0 Å². The maximum Gasteiger partial charge on any atom is 0.0313 e. The molecule has 0 aliphatic heterocycles. The minimum atomic E-state index is 0.822. The molecular weight excluding hydrogens is 86.1 g/mol. The van der Waals surface area contributed by atoms with E-state index in [2.05, 4.69) is 0 Å². The number of benzene rings is 1. The van der Waals surface area contributed by atoms with Crippen molar-refractivity contribution >= 4 is 5.69 Å². The molecule has 0 heterocycles. The molecule has 0 aliphatic rings. The van der Waals surface area contributed by atoms with Gasteiger partial charge in [0.15, 0.2) is 0 Å². The van der Waals surface area contributed by atoms with Crippen molar-refractivity contribution in [3.8, 4) is 0 Å². The fraction of sp³-hybridized carbons (Fsp3) is 0. The zero-order valence-corrected chi connectivity index (χ0v) is 3.96. The minimum absolute atomic E-state index is 0.822. The Balaban J connectivity index is -0.0000000413. The third-order valence-electron chi connectivity index (χ3n) is 0.800. The number of para-hydroxylation sites is 1. The molecule has 0 saturated heterocycles. The standard InChI is InChI=1S/C6H7N.5H2/c7-6-4-2-1-3-5-6;;;;;/h1-5H,7H2;5*1H/i;5*1+1D. The first-order valence-corrected chi connectivity index (χ1v) is 2.20. The van der Waals surface area contributed by atoms with Crippen LogP contribution in [0, 0.1) is 0 Å². The lowest BCUT2D eigenvalue weighted by Crippen LogP contribution is -1.79. The summed E-state index contributed by atoms with van der Waals surface area (Å²) in [7, 11) is 0. The molecule has 0 aliphatic carbocycles. The van der Waals surface area contributed by atoms with Crippen molar-refractivity contribution in [3.63, 3.8) is 0 Å². The smallest absolute Gasteiger partial charge is 0.0313 e. The van der Waals surface area contributed by atoms with E-state index >= 15 is 0 Å². The largest absolute Gasteiger partial charge is 0.399 e. The second kappa shape index (κ2) is 1.65. The average molecular weight is 113 g/mol. The molecule has 0 amide bonds. The number of nitrogens with two attached hydrogens (primary N) is 1. The van der Waals surface area contributed by atoms with Crippen LogP contribution < -0.4 is 5.73 Å². The van der Waals surface area contributed by atoms with E-state index in [0.717, 1.165) is 5.69 Å². The van der Waals surface area contributed by atoms with Crippen LogP contribution in [0.25, 0.3) is 0 Å². The zero-order chi connectivity index (χ0) is 15.1. The van der Waals surface area contributed by atoms with E-state index in [-0.39, 0.29) is 0 Å². The Morgan fingerprint density at radius 1 is 1.29 bits per heavy atom. The van der Waals surface area contributed by atoms with Crippen molar-refractivity contribution < 1.29 is 14.8 Å². The summed E-state index contributed by atoms with van der Waals surface area (Å²) < 4.78 is 50.0. The van der Waals surface area contributed by atoms with E-state index in [1.165, 1.54) is 0 Å². The molecule has 0 aromatic heterocycles. The van der Waals surface area contributed by atoms with Gasteiger partial charge in [0.25, 0.3) is 0 Å². The van der Waals surface area contributed by atoms with Gasteiger partial charge in [0.1, 0.15) is 0 Å². The first kappa shape index (κ1) is 1.25. The molecule has 1 rings (SSSR count). The van der Waals surface area contributed by atoms with E-state index in [1.54, 1.807) is 0 Å². The Labute approximate surface area is 58.2 Å². The van der Waals surface area contributed by atoms with E-state index in [9.17, 15) is 0 Å². The molecule has 0 bridgehead atoms. The third-order valence-corrected chi connectivity index (χ3v) is 0.800. The normalized spacial score (nSPS) is 14.3. The lowest BCUT2D eigenvalue weighted by atomic mass is 10.3. The SMILES string of the molecule is Nc1ccccc1.[2H][2H].[2H][2H].[2H][2H].[2H][2H].[2H][2H]. The number of hydrogen-bond donors (Lipinski definition) is 1. The molecule has 0 saturated carbocycles. The second-order valence-corrected chi connectivity index (χ2v) is 1.41. The summed E-state index contributed by atoms with van der Waals surface area (Å²) in [6, 6.07) is 9.49. The average Bonchev–Trinajstić information content (AvgIpc) is 2.50.